The second-order valence-electron chi connectivity index (χ2n) is 4.22. The van der Waals surface area contributed by atoms with Crippen LogP contribution in [-0.2, 0) is 4.79 Å². The zero-order valence-electron chi connectivity index (χ0n) is 10.3. The maximum Gasteiger partial charge on any atom is 0.442 e. The van der Waals surface area contributed by atoms with Crippen LogP contribution >= 0.6 is 23.4 Å². The minimum atomic E-state index is -4.46. The molecule has 0 heterocycles. The topological polar surface area (TPSA) is 26.3 Å². The van der Waals surface area contributed by atoms with E-state index in [0.717, 1.165) is 0 Å². The predicted octanol–water partition coefficient (Wildman–Crippen LogP) is 4.32. The number of alkyl halides is 3. The van der Waals surface area contributed by atoms with Gasteiger partial charge in [-0.3, -0.25) is 4.79 Å². The van der Waals surface area contributed by atoms with Gasteiger partial charge in [0.25, 0.3) is 0 Å². The van der Waals surface area contributed by atoms with E-state index in [1.807, 2.05) is 0 Å². The second kappa shape index (κ2) is 6.05. The van der Waals surface area contributed by atoms with Gasteiger partial charge < -0.3 is 4.74 Å². The summed E-state index contributed by atoms with van der Waals surface area (Å²) in [7, 11) is 0. The molecule has 0 atom stereocenters. The highest BCUT2D eigenvalue weighted by molar-refractivity contribution is 8.02. The van der Waals surface area contributed by atoms with Gasteiger partial charge in [-0.25, -0.2) is 0 Å². The van der Waals surface area contributed by atoms with Crippen LogP contribution in [0.1, 0.15) is 13.8 Å². The number of Topliss-reactive ketones (excluding diaryl/α,β-unsaturated/α-hetero) is 1. The number of carbonyl (C=O) groups excluding carboxylic acids is 1. The van der Waals surface area contributed by atoms with Crippen molar-refractivity contribution in [1.82, 2.24) is 0 Å². The van der Waals surface area contributed by atoms with Crippen molar-refractivity contribution >= 4 is 29.1 Å². The first-order valence-corrected chi connectivity index (χ1v) is 6.48. The summed E-state index contributed by atoms with van der Waals surface area (Å²) in [6, 6.07) is 6.22. The predicted molar refractivity (Wildman–Crippen MR) is 69.7 cm³/mol. The number of ether oxygens (including phenoxy) is 1. The lowest BCUT2D eigenvalue weighted by Crippen LogP contribution is -2.35. The average Bonchev–Trinajstić information content (AvgIpc) is 2.24. The number of carbonyl (C=O) groups is 1. The second-order valence-corrected chi connectivity index (χ2v) is 6.35. The van der Waals surface area contributed by atoms with E-state index in [0.29, 0.717) is 10.8 Å². The molecule has 0 N–H and O–H groups in total. The van der Waals surface area contributed by atoms with Crippen LogP contribution < -0.4 is 4.74 Å². The van der Waals surface area contributed by atoms with Crippen molar-refractivity contribution in [1.29, 1.82) is 0 Å². The summed E-state index contributed by atoms with van der Waals surface area (Å²) >= 11 is 5.32. The molecule has 0 bridgehead atoms. The number of hydrogen-bond acceptors (Lipinski definition) is 3. The molecule has 2 nitrogen and oxygen atoms in total. The van der Waals surface area contributed by atoms with Crippen LogP contribution in [0.15, 0.2) is 24.3 Å². The van der Waals surface area contributed by atoms with Crippen LogP contribution in [0.25, 0.3) is 0 Å². The fraction of sp³-hybridized carbons (Fsp3) is 0.417. The molecule has 0 aromatic heterocycles. The third-order valence-electron chi connectivity index (χ3n) is 2.23. The molecule has 0 aliphatic rings. The Balaban J connectivity index is 2.57. The van der Waals surface area contributed by atoms with Crippen LogP contribution in [0.2, 0.25) is 5.02 Å². The first kappa shape index (κ1) is 16.2. The highest BCUT2D eigenvalue weighted by Gasteiger charge is 2.41. The van der Waals surface area contributed by atoms with Crippen LogP contribution in [0.4, 0.5) is 13.2 Å². The van der Waals surface area contributed by atoms with Crippen molar-refractivity contribution in [3.05, 3.63) is 29.3 Å². The molecule has 1 aromatic carbocycles. The Morgan fingerprint density at radius 3 is 2.26 bits per heavy atom. The molecule has 0 saturated carbocycles. The van der Waals surface area contributed by atoms with Crippen molar-refractivity contribution in [2.75, 3.05) is 6.61 Å². The number of hydrogen-bond donors (Lipinski definition) is 0. The van der Waals surface area contributed by atoms with E-state index in [-0.39, 0.29) is 11.8 Å². The molecule has 7 heteroatoms. The van der Waals surface area contributed by atoms with E-state index in [4.69, 9.17) is 16.3 Å². The van der Waals surface area contributed by atoms with E-state index in [1.54, 1.807) is 24.3 Å². The summed E-state index contributed by atoms with van der Waals surface area (Å²) in [5.74, 6) is -0.254. The molecular weight excluding hydrogens is 301 g/mol. The molecule has 0 aliphatic carbocycles. The minimum Gasteiger partial charge on any atom is -0.486 e. The van der Waals surface area contributed by atoms with Gasteiger partial charge in [0.2, 0.25) is 0 Å². The summed E-state index contributed by atoms with van der Waals surface area (Å²) < 4.78 is 40.4. The molecule has 1 aromatic rings. The lowest BCUT2D eigenvalue weighted by atomic mass is 10.1. The normalized spacial score (nSPS) is 12.3. The Morgan fingerprint density at radius 2 is 1.79 bits per heavy atom. The van der Waals surface area contributed by atoms with E-state index in [9.17, 15) is 18.0 Å². The van der Waals surface area contributed by atoms with E-state index in [1.165, 1.54) is 13.8 Å². The zero-order chi connectivity index (χ0) is 14.7. The molecule has 1 rings (SSSR count). The fourth-order valence-corrected chi connectivity index (χ4v) is 2.08. The van der Waals surface area contributed by atoms with Crippen LogP contribution in [0.3, 0.4) is 0 Å². The Kier molecular flexibility index (Phi) is 5.15. The minimum absolute atomic E-state index is 0.346. The van der Waals surface area contributed by atoms with Crippen LogP contribution in [0, 0.1) is 0 Å². The Bertz CT molecular complexity index is 443. The maximum atomic E-state index is 12.3. The third kappa shape index (κ3) is 5.74. The van der Waals surface area contributed by atoms with Crippen LogP contribution in [-0.4, -0.2) is 22.6 Å². The molecule has 0 amide bonds. The van der Waals surface area contributed by atoms with Crippen molar-refractivity contribution in [2.45, 2.75) is 24.1 Å². The summed E-state index contributed by atoms with van der Waals surface area (Å²) in [6.07, 6.45) is 0. The lowest BCUT2D eigenvalue weighted by Gasteiger charge is -2.23. The Labute approximate surface area is 118 Å². The lowest BCUT2D eigenvalue weighted by molar-refractivity contribution is -0.123. The molecule has 0 saturated heterocycles. The maximum absolute atomic E-state index is 12.3. The van der Waals surface area contributed by atoms with Gasteiger partial charge in [0.1, 0.15) is 12.4 Å². The Hall–Kier alpha value is -0.880. The smallest absolute Gasteiger partial charge is 0.442 e. The van der Waals surface area contributed by atoms with Gasteiger partial charge in [0.05, 0.1) is 4.75 Å². The molecule has 0 fully saturated rings. The monoisotopic (exact) mass is 312 g/mol. The first-order chi connectivity index (χ1) is 8.60. The van der Waals surface area contributed by atoms with Gasteiger partial charge in [-0.1, -0.05) is 11.6 Å². The van der Waals surface area contributed by atoms with Crippen LogP contribution in [0.5, 0.6) is 5.75 Å². The SMILES string of the molecule is CC(C)(SC(F)(F)F)C(=O)COc1ccc(Cl)cc1. The number of thioether (sulfide) groups is 1. The summed E-state index contributed by atoms with van der Waals surface area (Å²) in [6.45, 7) is 2.02. The van der Waals surface area contributed by atoms with Crippen molar-refractivity contribution in [2.24, 2.45) is 0 Å². The van der Waals surface area contributed by atoms with E-state index in [2.05, 4.69) is 0 Å². The van der Waals surface area contributed by atoms with E-state index >= 15 is 0 Å². The molecule has 19 heavy (non-hydrogen) atoms. The third-order valence-corrected chi connectivity index (χ3v) is 3.45. The number of benzene rings is 1. The summed E-state index contributed by atoms with van der Waals surface area (Å²) in [5.41, 5.74) is -4.46. The molecule has 106 valence electrons. The zero-order valence-corrected chi connectivity index (χ0v) is 11.8. The highest BCUT2D eigenvalue weighted by Crippen LogP contribution is 2.40. The largest absolute Gasteiger partial charge is 0.486 e. The van der Waals surface area contributed by atoms with Gasteiger partial charge in [-0.2, -0.15) is 13.2 Å². The van der Waals surface area contributed by atoms with Crippen molar-refractivity contribution in [3.8, 4) is 5.75 Å². The standard InChI is InChI=1S/C12H12ClF3O2S/c1-11(2,19-12(14,15)16)10(17)7-18-9-5-3-8(13)4-6-9/h3-6H,7H2,1-2H3. The van der Waals surface area contributed by atoms with Gasteiger partial charge >= 0.3 is 5.51 Å². The molecule has 0 unspecified atom stereocenters. The summed E-state index contributed by atoms with van der Waals surface area (Å²) in [4.78, 5) is 11.7. The van der Waals surface area contributed by atoms with Gasteiger partial charge in [0.15, 0.2) is 5.78 Å². The van der Waals surface area contributed by atoms with E-state index < -0.39 is 22.6 Å². The Morgan fingerprint density at radius 1 is 1.26 bits per heavy atom. The average molecular weight is 313 g/mol. The molecular formula is C12H12ClF3O2S. The quantitative estimate of drug-likeness (QED) is 0.810. The number of rotatable bonds is 5. The fourth-order valence-electron chi connectivity index (χ4n) is 1.20. The molecule has 0 radical (unpaired) electrons. The molecule has 0 aliphatic heterocycles. The first-order valence-electron chi connectivity index (χ1n) is 5.29. The van der Waals surface area contributed by atoms with Gasteiger partial charge in [0, 0.05) is 5.02 Å². The summed E-state index contributed by atoms with van der Waals surface area (Å²) in [5, 5.41) is 0.506. The van der Waals surface area contributed by atoms with Gasteiger partial charge in [-0.15, -0.1) is 0 Å². The number of halogens is 4. The van der Waals surface area contributed by atoms with Crippen molar-refractivity contribution in [3.63, 3.8) is 0 Å². The van der Waals surface area contributed by atoms with Crippen molar-refractivity contribution < 1.29 is 22.7 Å². The number of ketones is 1. The molecule has 0 spiro atoms. The van der Waals surface area contributed by atoms with Gasteiger partial charge in [-0.05, 0) is 49.9 Å². The highest BCUT2D eigenvalue weighted by atomic mass is 35.5.